The van der Waals surface area contributed by atoms with Gasteiger partial charge < -0.3 is 13.8 Å². The van der Waals surface area contributed by atoms with Crippen LogP contribution in [-0.4, -0.2) is 25.8 Å². The van der Waals surface area contributed by atoms with E-state index >= 15 is 0 Å². The van der Waals surface area contributed by atoms with Gasteiger partial charge in [0.05, 0.1) is 19.0 Å². The molecule has 0 bridgehead atoms. The molecule has 4 aromatic rings. The van der Waals surface area contributed by atoms with Crippen molar-refractivity contribution in [3.63, 3.8) is 0 Å². The van der Waals surface area contributed by atoms with Gasteiger partial charge in [0.25, 0.3) is 10.0 Å². The SMILES string of the molecule is COc1cc(-c2cc(C)no2)ccc1S(=O)(=O)Nc1cccc(-c2ccno2)c1. The van der Waals surface area contributed by atoms with Crippen molar-refractivity contribution >= 4 is 15.7 Å². The fourth-order valence-corrected chi connectivity index (χ4v) is 4.05. The van der Waals surface area contributed by atoms with Crippen molar-refractivity contribution in [3.8, 4) is 28.4 Å². The highest BCUT2D eigenvalue weighted by molar-refractivity contribution is 7.92. The van der Waals surface area contributed by atoms with E-state index in [1.54, 1.807) is 55.5 Å². The van der Waals surface area contributed by atoms with Crippen LogP contribution < -0.4 is 9.46 Å². The number of ether oxygens (including phenoxy) is 1. The molecule has 0 fully saturated rings. The van der Waals surface area contributed by atoms with E-state index in [0.29, 0.717) is 28.3 Å². The number of anilines is 1. The largest absolute Gasteiger partial charge is 0.495 e. The molecule has 0 radical (unpaired) electrons. The third kappa shape index (κ3) is 3.85. The van der Waals surface area contributed by atoms with Gasteiger partial charge in [0.2, 0.25) is 0 Å². The molecule has 2 heterocycles. The van der Waals surface area contributed by atoms with Crippen LogP contribution >= 0.6 is 0 Å². The maximum Gasteiger partial charge on any atom is 0.265 e. The van der Waals surface area contributed by atoms with E-state index in [4.69, 9.17) is 13.8 Å². The molecule has 9 heteroatoms. The highest BCUT2D eigenvalue weighted by Crippen LogP contribution is 2.32. The predicted octanol–water partition coefficient (Wildman–Crippen LogP) is 4.11. The van der Waals surface area contributed by atoms with Crippen LogP contribution in [0.5, 0.6) is 5.75 Å². The molecule has 0 aliphatic carbocycles. The summed E-state index contributed by atoms with van der Waals surface area (Å²) in [4.78, 5) is 0.00468. The Bertz CT molecular complexity index is 1250. The number of nitrogens with one attached hydrogen (secondary N) is 1. The van der Waals surface area contributed by atoms with Gasteiger partial charge in [0.1, 0.15) is 10.6 Å². The molecular weight excluding hydrogens is 394 g/mol. The topological polar surface area (TPSA) is 107 Å². The van der Waals surface area contributed by atoms with Gasteiger partial charge in [-0.25, -0.2) is 8.42 Å². The molecule has 0 unspecified atom stereocenters. The first-order chi connectivity index (χ1) is 14.0. The molecule has 8 nitrogen and oxygen atoms in total. The first kappa shape index (κ1) is 18.8. The number of sulfonamides is 1. The van der Waals surface area contributed by atoms with E-state index in [2.05, 4.69) is 15.0 Å². The van der Waals surface area contributed by atoms with Crippen molar-refractivity contribution in [1.82, 2.24) is 10.3 Å². The van der Waals surface area contributed by atoms with E-state index in [9.17, 15) is 8.42 Å². The number of hydrogen-bond acceptors (Lipinski definition) is 7. The van der Waals surface area contributed by atoms with E-state index < -0.39 is 10.0 Å². The molecule has 2 aromatic carbocycles. The molecular formula is C20H17N3O5S. The smallest absolute Gasteiger partial charge is 0.265 e. The predicted molar refractivity (Wildman–Crippen MR) is 106 cm³/mol. The zero-order valence-corrected chi connectivity index (χ0v) is 16.4. The zero-order chi connectivity index (χ0) is 20.4. The molecule has 148 valence electrons. The lowest BCUT2D eigenvalue weighted by Crippen LogP contribution is -2.14. The van der Waals surface area contributed by atoms with E-state index in [1.807, 2.05) is 0 Å². The Labute approximate surface area is 167 Å². The van der Waals surface area contributed by atoms with Gasteiger partial charge in [-0.15, -0.1) is 0 Å². The van der Waals surface area contributed by atoms with Crippen LogP contribution in [0.3, 0.4) is 0 Å². The van der Waals surface area contributed by atoms with Crippen LogP contribution in [0.4, 0.5) is 5.69 Å². The van der Waals surface area contributed by atoms with Gasteiger partial charge in [-0.05, 0) is 37.3 Å². The number of benzene rings is 2. The summed E-state index contributed by atoms with van der Waals surface area (Å²) in [5.74, 6) is 1.25. The van der Waals surface area contributed by atoms with E-state index in [-0.39, 0.29) is 10.6 Å². The van der Waals surface area contributed by atoms with Crippen LogP contribution in [0.25, 0.3) is 22.6 Å². The number of hydrogen-bond donors (Lipinski definition) is 1. The molecule has 4 rings (SSSR count). The highest BCUT2D eigenvalue weighted by atomic mass is 32.2. The summed E-state index contributed by atoms with van der Waals surface area (Å²) in [6.45, 7) is 1.81. The number of aryl methyl sites for hydroxylation is 1. The number of methoxy groups -OCH3 is 1. The lowest BCUT2D eigenvalue weighted by molar-refractivity contribution is 0.402. The Balaban J connectivity index is 1.66. The van der Waals surface area contributed by atoms with Gasteiger partial charge in [0.15, 0.2) is 11.5 Å². The van der Waals surface area contributed by atoms with Crippen LogP contribution in [0.1, 0.15) is 5.69 Å². The quantitative estimate of drug-likeness (QED) is 0.508. The first-order valence-corrected chi connectivity index (χ1v) is 10.1. The minimum Gasteiger partial charge on any atom is -0.495 e. The maximum absolute atomic E-state index is 13.0. The Morgan fingerprint density at radius 1 is 0.966 bits per heavy atom. The molecule has 0 saturated heterocycles. The zero-order valence-electron chi connectivity index (χ0n) is 15.6. The third-order valence-corrected chi connectivity index (χ3v) is 5.62. The lowest BCUT2D eigenvalue weighted by atomic mass is 10.1. The lowest BCUT2D eigenvalue weighted by Gasteiger charge is -2.13. The second-order valence-electron chi connectivity index (χ2n) is 6.26. The van der Waals surface area contributed by atoms with Gasteiger partial charge in [0, 0.05) is 28.9 Å². The average molecular weight is 411 g/mol. The summed E-state index contributed by atoms with van der Waals surface area (Å²) in [6.07, 6.45) is 1.52. The van der Waals surface area contributed by atoms with Crippen molar-refractivity contribution in [2.24, 2.45) is 0 Å². The molecule has 0 aliphatic heterocycles. The summed E-state index contributed by atoms with van der Waals surface area (Å²) >= 11 is 0. The van der Waals surface area contributed by atoms with Crippen molar-refractivity contribution < 1.29 is 22.2 Å². The van der Waals surface area contributed by atoms with Crippen LogP contribution in [-0.2, 0) is 10.0 Å². The summed E-state index contributed by atoms with van der Waals surface area (Å²) in [7, 11) is -2.49. The second kappa shape index (κ2) is 7.44. The number of rotatable bonds is 6. The molecule has 2 aromatic heterocycles. The van der Waals surface area contributed by atoms with E-state index in [1.165, 1.54) is 19.4 Å². The Morgan fingerprint density at radius 2 is 1.79 bits per heavy atom. The molecule has 0 aliphatic rings. The average Bonchev–Trinajstić information content (AvgIpc) is 3.39. The molecule has 1 N–H and O–H groups in total. The molecule has 0 spiro atoms. The molecule has 0 amide bonds. The van der Waals surface area contributed by atoms with Gasteiger partial charge in [-0.1, -0.05) is 22.4 Å². The van der Waals surface area contributed by atoms with E-state index in [0.717, 1.165) is 5.69 Å². The summed E-state index contributed by atoms with van der Waals surface area (Å²) in [5, 5.41) is 7.51. The molecule has 29 heavy (non-hydrogen) atoms. The fourth-order valence-electron chi connectivity index (χ4n) is 2.85. The number of aromatic nitrogens is 2. The Kier molecular flexibility index (Phi) is 4.81. The van der Waals surface area contributed by atoms with Crippen LogP contribution in [0.2, 0.25) is 0 Å². The summed E-state index contributed by atoms with van der Waals surface area (Å²) in [6, 6.07) is 15.0. The van der Waals surface area contributed by atoms with Gasteiger partial charge in [-0.3, -0.25) is 4.72 Å². The molecule has 0 saturated carbocycles. The fraction of sp³-hybridized carbons (Fsp3) is 0.100. The standard InChI is InChI=1S/C20H17N3O5S/c1-13-10-18(28-22-13)15-6-7-20(19(12-15)26-2)29(24,25)23-16-5-3-4-14(11-16)17-8-9-21-27-17/h3-12,23H,1-2H3. The first-order valence-electron chi connectivity index (χ1n) is 8.62. The normalized spacial score (nSPS) is 11.4. The van der Waals surface area contributed by atoms with Crippen molar-refractivity contribution in [2.45, 2.75) is 11.8 Å². The van der Waals surface area contributed by atoms with Crippen molar-refractivity contribution in [2.75, 3.05) is 11.8 Å². The second-order valence-corrected chi connectivity index (χ2v) is 7.91. The highest BCUT2D eigenvalue weighted by Gasteiger charge is 2.21. The van der Waals surface area contributed by atoms with Crippen molar-refractivity contribution in [3.05, 3.63) is 66.5 Å². The minimum absolute atomic E-state index is 0.00468. The Hall–Kier alpha value is -3.59. The van der Waals surface area contributed by atoms with Crippen molar-refractivity contribution in [1.29, 1.82) is 0 Å². The van der Waals surface area contributed by atoms with Crippen LogP contribution in [0, 0.1) is 6.92 Å². The third-order valence-electron chi connectivity index (χ3n) is 4.20. The van der Waals surface area contributed by atoms with Gasteiger partial charge in [-0.2, -0.15) is 0 Å². The Morgan fingerprint density at radius 3 is 2.48 bits per heavy atom. The molecule has 0 atom stereocenters. The number of nitrogens with zero attached hydrogens (tertiary/aromatic N) is 2. The van der Waals surface area contributed by atoms with Gasteiger partial charge >= 0.3 is 0 Å². The summed E-state index contributed by atoms with van der Waals surface area (Å²) in [5.41, 5.74) is 2.47. The monoisotopic (exact) mass is 411 g/mol. The minimum atomic E-state index is -3.90. The maximum atomic E-state index is 13.0. The summed E-state index contributed by atoms with van der Waals surface area (Å²) < 4.78 is 44.2. The van der Waals surface area contributed by atoms with Crippen LogP contribution in [0.15, 0.2) is 74.7 Å².